The second kappa shape index (κ2) is 7.06. The average Bonchev–Trinajstić information content (AvgIpc) is 3.00. The van der Waals surface area contributed by atoms with Crippen LogP contribution in [0.4, 0.5) is 5.69 Å². The molecule has 0 aliphatic carbocycles. The molecule has 0 radical (unpaired) electrons. The molecule has 0 aliphatic heterocycles. The van der Waals surface area contributed by atoms with Crippen molar-refractivity contribution in [2.75, 3.05) is 17.9 Å². The van der Waals surface area contributed by atoms with Gasteiger partial charge in [0.25, 0.3) is 21.0 Å². The van der Waals surface area contributed by atoms with Crippen molar-refractivity contribution >= 4 is 33.1 Å². The Hall–Kier alpha value is -2.43. The van der Waals surface area contributed by atoms with E-state index in [0.717, 1.165) is 0 Å². The maximum absolute atomic E-state index is 12.7. The molecule has 0 atom stereocenters. The summed E-state index contributed by atoms with van der Waals surface area (Å²) >= 11 is 6.10. The lowest BCUT2D eigenvalue weighted by molar-refractivity contribution is 0.202. The Morgan fingerprint density at radius 3 is 2.81 bits per heavy atom. The fourth-order valence-electron chi connectivity index (χ4n) is 2.32. The predicted octanol–water partition coefficient (Wildman–Crippen LogP) is 1.57. The summed E-state index contributed by atoms with van der Waals surface area (Å²) in [6, 6.07) is 6.41. The number of rotatable bonds is 6. The first-order chi connectivity index (χ1) is 12.3. The molecule has 138 valence electrons. The van der Waals surface area contributed by atoms with Crippen LogP contribution in [-0.4, -0.2) is 46.3 Å². The third-order valence-electron chi connectivity index (χ3n) is 3.40. The van der Waals surface area contributed by atoms with Crippen LogP contribution in [0.3, 0.4) is 0 Å². The average molecular weight is 398 g/mol. The molecule has 2 heterocycles. The number of ether oxygens (including phenoxy) is 1. The maximum atomic E-state index is 12.7. The van der Waals surface area contributed by atoms with Gasteiger partial charge in [0.2, 0.25) is 0 Å². The summed E-state index contributed by atoms with van der Waals surface area (Å²) in [7, 11) is -4.13. The highest BCUT2D eigenvalue weighted by Gasteiger charge is 2.24. The van der Waals surface area contributed by atoms with E-state index in [1.54, 1.807) is 26.0 Å². The van der Waals surface area contributed by atoms with Gasteiger partial charge in [0.15, 0.2) is 0 Å². The fourth-order valence-corrected chi connectivity index (χ4v) is 3.55. The Kier molecular flexibility index (Phi) is 4.99. The van der Waals surface area contributed by atoms with E-state index in [1.807, 2.05) is 0 Å². The summed E-state index contributed by atoms with van der Waals surface area (Å²) in [5.74, 6) is 0.364. The van der Waals surface area contributed by atoms with Crippen LogP contribution in [0.25, 0.3) is 5.78 Å². The van der Waals surface area contributed by atoms with Crippen molar-refractivity contribution in [1.29, 1.82) is 0 Å². The molecule has 0 fully saturated rings. The summed E-state index contributed by atoms with van der Waals surface area (Å²) in [6.07, 6.45) is 0. The number of hydrogen-bond donors (Lipinski definition) is 2. The molecule has 0 saturated heterocycles. The highest BCUT2D eigenvalue weighted by Crippen LogP contribution is 2.33. The predicted molar refractivity (Wildman–Crippen MR) is 95.1 cm³/mol. The minimum atomic E-state index is -4.13. The highest BCUT2D eigenvalue weighted by atomic mass is 35.5. The molecule has 0 amide bonds. The number of aliphatic hydroxyl groups is 1. The van der Waals surface area contributed by atoms with Crippen molar-refractivity contribution in [2.24, 2.45) is 0 Å². The number of aliphatic hydroxyl groups excluding tert-OH is 1. The number of anilines is 1. The maximum Gasteiger partial charge on any atom is 0.299 e. The summed E-state index contributed by atoms with van der Waals surface area (Å²) in [6.45, 7) is 3.32. The molecule has 3 aromatic rings. The van der Waals surface area contributed by atoms with E-state index in [4.69, 9.17) is 21.4 Å². The van der Waals surface area contributed by atoms with Gasteiger partial charge in [-0.1, -0.05) is 17.7 Å². The van der Waals surface area contributed by atoms with Crippen LogP contribution in [-0.2, 0) is 10.0 Å². The van der Waals surface area contributed by atoms with Gasteiger partial charge in [-0.15, -0.1) is 5.10 Å². The molecule has 3 rings (SSSR count). The molecule has 11 heteroatoms. The number of nitrogens with one attached hydrogen (secondary N) is 1. The van der Waals surface area contributed by atoms with E-state index in [0.29, 0.717) is 11.4 Å². The number of hydrogen-bond acceptors (Lipinski definition) is 7. The van der Waals surface area contributed by atoms with E-state index in [1.165, 1.54) is 16.6 Å². The zero-order valence-corrected chi connectivity index (χ0v) is 15.5. The zero-order chi connectivity index (χ0) is 18.9. The lowest BCUT2D eigenvalue weighted by Gasteiger charge is -2.13. The molecule has 0 aliphatic rings. The van der Waals surface area contributed by atoms with Crippen molar-refractivity contribution in [1.82, 2.24) is 19.6 Å². The lowest BCUT2D eigenvalue weighted by atomic mass is 10.3. The van der Waals surface area contributed by atoms with E-state index >= 15 is 0 Å². The minimum absolute atomic E-state index is 0.00985. The Labute approximate surface area is 154 Å². The third kappa shape index (κ3) is 3.57. The van der Waals surface area contributed by atoms with Gasteiger partial charge < -0.3 is 9.84 Å². The summed E-state index contributed by atoms with van der Waals surface area (Å²) < 4.78 is 34.4. The fraction of sp³-hybridized carbons (Fsp3) is 0.267. The second-order valence-corrected chi connectivity index (χ2v) is 7.42. The van der Waals surface area contributed by atoms with E-state index in [-0.39, 0.29) is 35.5 Å². The smallest absolute Gasteiger partial charge is 0.299 e. The number of aromatic nitrogens is 4. The lowest BCUT2D eigenvalue weighted by Crippen LogP contribution is -2.16. The summed E-state index contributed by atoms with van der Waals surface area (Å²) in [5, 5.41) is 12.6. The van der Waals surface area contributed by atoms with E-state index in [2.05, 4.69) is 19.8 Å². The van der Waals surface area contributed by atoms with Gasteiger partial charge >= 0.3 is 0 Å². The zero-order valence-electron chi connectivity index (χ0n) is 14.0. The standard InChI is InChI=1S/C15H16ClN5O4S/c1-9-8-10(2)21-14(17-9)18-15(19-21)26(23,24)20-13-11(16)4-3-5-12(13)25-7-6-22/h3-5,8,20,22H,6-7H2,1-2H3. The van der Waals surface area contributed by atoms with Gasteiger partial charge in [-0.3, -0.25) is 4.72 Å². The molecule has 0 unspecified atom stereocenters. The largest absolute Gasteiger partial charge is 0.489 e. The number of benzene rings is 1. The number of halogens is 1. The van der Waals surface area contributed by atoms with Crippen LogP contribution in [0, 0.1) is 13.8 Å². The van der Waals surface area contributed by atoms with Crippen molar-refractivity contribution < 1.29 is 18.3 Å². The number of sulfonamides is 1. The third-order valence-corrected chi connectivity index (χ3v) is 4.84. The molecular formula is C15H16ClN5O4S. The Morgan fingerprint density at radius 1 is 1.31 bits per heavy atom. The molecule has 2 aromatic heterocycles. The van der Waals surface area contributed by atoms with Gasteiger partial charge in [0.05, 0.1) is 11.6 Å². The van der Waals surface area contributed by atoms with Gasteiger partial charge in [-0.05, 0) is 32.0 Å². The molecule has 2 N–H and O–H groups in total. The quantitative estimate of drug-likeness (QED) is 0.647. The highest BCUT2D eigenvalue weighted by molar-refractivity contribution is 7.92. The van der Waals surface area contributed by atoms with Crippen LogP contribution in [0.1, 0.15) is 11.4 Å². The molecule has 0 saturated carbocycles. The number of fused-ring (bicyclic) bond motifs is 1. The minimum Gasteiger partial charge on any atom is -0.489 e. The SMILES string of the molecule is Cc1cc(C)n2nc(S(=O)(=O)Nc3c(Cl)cccc3OCCO)nc2n1. The van der Waals surface area contributed by atoms with Crippen LogP contribution >= 0.6 is 11.6 Å². The summed E-state index contributed by atoms with van der Waals surface area (Å²) in [5.41, 5.74) is 1.44. The Morgan fingerprint density at radius 2 is 2.08 bits per heavy atom. The summed E-state index contributed by atoms with van der Waals surface area (Å²) in [4.78, 5) is 8.16. The van der Waals surface area contributed by atoms with Crippen LogP contribution in [0.5, 0.6) is 5.75 Å². The number of aryl methyl sites for hydroxylation is 2. The van der Waals surface area contributed by atoms with Gasteiger partial charge in [-0.2, -0.15) is 13.4 Å². The second-order valence-electron chi connectivity index (χ2n) is 5.44. The molecule has 1 aromatic carbocycles. The van der Waals surface area contributed by atoms with E-state index in [9.17, 15) is 8.42 Å². The topological polar surface area (TPSA) is 119 Å². The molecule has 26 heavy (non-hydrogen) atoms. The number of para-hydroxylation sites is 1. The monoisotopic (exact) mass is 397 g/mol. The normalized spacial score (nSPS) is 11.7. The van der Waals surface area contributed by atoms with Crippen molar-refractivity contribution in [3.8, 4) is 5.75 Å². The molecular weight excluding hydrogens is 382 g/mol. The number of nitrogens with zero attached hydrogens (tertiary/aromatic N) is 4. The van der Waals surface area contributed by atoms with Gasteiger partial charge in [0.1, 0.15) is 18.0 Å². The first kappa shape index (κ1) is 18.4. The first-order valence-corrected chi connectivity index (χ1v) is 9.44. The Bertz CT molecular complexity index is 1070. The Balaban J connectivity index is 2.01. The van der Waals surface area contributed by atoms with Crippen molar-refractivity contribution in [3.63, 3.8) is 0 Å². The van der Waals surface area contributed by atoms with Crippen molar-refractivity contribution in [3.05, 3.63) is 40.7 Å². The van der Waals surface area contributed by atoms with Crippen LogP contribution in [0.2, 0.25) is 5.02 Å². The first-order valence-electron chi connectivity index (χ1n) is 7.58. The molecule has 9 nitrogen and oxygen atoms in total. The van der Waals surface area contributed by atoms with Crippen molar-refractivity contribution in [2.45, 2.75) is 19.0 Å². The molecule has 0 bridgehead atoms. The van der Waals surface area contributed by atoms with Crippen LogP contribution < -0.4 is 9.46 Å². The van der Waals surface area contributed by atoms with Gasteiger partial charge in [-0.25, -0.2) is 9.50 Å². The van der Waals surface area contributed by atoms with E-state index < -0.39 is 15.2 Å². The van der Waals surface area contributed by atoms with Crippen LogP contribution in [0.15, 0.2) is 29.4 Å². The molecule has 0 spiro atoms. The van der Waals surface area contributed by atoms with Gasteiger partial charge in [0, 0.05) is 11.4 Å².